The third kappa shape index (κ3) is 4.93. The van der Waals surface area contributed by atoms with Gasteiger partial charge >= 0.3 is 0 Å². The third-order valence-corrected chi connectivity index (χ3v) is 5.04. The van der Waals surface area contributed by atoms with E-state index in [1.165, 1.54) is 0 Å². The van der Waals surface area contributed by atoms with Crippen LogP contribution in [0.3, 0.4) is 0 Å². The summed E-state index contributed by atoms with van der Waals surface area (Å²) in [6.45, 7) is 3.88. The summed E-state index contributed by atoms with van der Waals surface area (Å²) in [6, 6.07) is 14.8. The average molecular weight is 371 g/mol. The molecule has 0 aromatic heterocycles. The summed E-state index contributed by atoms with van der Waals surface area (Å²) in [4.78, 5) is 26.9. The summed E-state index contributed by atoms with van der Waals surface area (Å²) in [5, 5.41) is 3.56. The van der Waals surface area contributed by atoms with Gasteiger partial charge in [0.15, 0.2) is 5.78 Å². The number of hydrogen-bond donors (Lipinski definition) is 1. The second-order valence-corrected chi connectivity index (χ2v) is 7.27. The van der Waals surface area contributed by atoms with Gasteiger partial charge in [-0.15, -0.1) is 0 Å². The molecule has 1 heterocycles. The number of hydrogen-bond acceptors (Lipinski definition) is 3. The van der Waals surface area contributed by atoms with Gasteiger partial charge in [0.1, 0.15) is 0 Å². The molecule has 1 saturated heterocycles. The number of halogens is 1. The summed E-state index contributed by atoms with van der Waals surface area (Å²) >= 11 is 5.88. The van der Waals surface area contributed by atoms with E-state index in [0.717, 1.165) is 37.2 Å². The maximum Gasteiger partial charge on any atom is 0.238 e. The van der Waals surface area contributed by atoms with E-state index in [1.54, 1.807) is 24.3 Å². The van der Waals surface area contributed by atoms with Crippen molar-refractivity contribution >= 4 is 29.0 Å². The zero-order valence-electron chi connectivity index (χ0n) is 14.9. The van der Waals surface area contributed by atoms with Crippen LogP contribution < -0.4 is 5.32 Å². The van der Waals surface area contributed by atoms with Crippen LogP contribution in [-0.4, -0.2) is 36.2 Å². The molecule has 0 unspecified atom stereocenters. The Kier molecular flexibility index (Phi) is 6.07. The molecule has 26 heavy (non-hydrogen) atoms. The molecular formula is C21H23ClN2O2. The number of amides is 1. The van der Waals surface area contributed by atoms with Crippen LogP contribution in [0.15, 0.2) is 48.5 Å². The summed E-state index contributed by atoms with van der Waals surface area (Å²) in [5.41, 5.74) is 2.69. The Morgan fingerprint density at radius 1 is 1.04 bits per heavy atom. The van der Waals surface area contributed by atoms with Gasteiger partial charge in [-0.3, -0.25) is 14.5 Å². The standard InChI is InChI=1S/C21H23ClN2O2/c1-15-2-8-19(9-3-15)23-20(25)14-24-12-10-17(11-13-24)21(26)16-4-6-18(22)7-5-16/h2-9,17H,10-14H2,1H3,(H,23,25). The van der Waals surface area contributed by atoms with Crippen LogP contribution in [0.5, 0.6) is 0 Å². The summed E-state index contributed by atoms with van der Waals surface area (Å²) < 4.78 is 0. The number of Topliss-reactive ketones (excluding diaryl/α,β-unsaturated/α-hetero) is 1. The molecule has 5 heteroatoms. The van der Waals surface area contributed by atoms with E-state index >= 15 is 0 Å². The number of piperidine rings is 1. The lowest BCUT2D eigenvalue weighted by Gasteiger charge is -2.30. The van der Waals surface area contributed by atoms with Crippen molar-refractivity contribution < 1.29 is 9.59 Å². The molecule has 0 aliphatic carbocycles. The Balaban J connectivity index is 1.47. The number of likely N-dealkylation sites (tertiary alicyclic amines) is 1. The molecule has 1 aliphatic rings. The number of ketones is 1. The van der Waals surface area contributed by atoms with Crippen LogP contribution in [0.1, 0.15) is 28.8 Å². The Morgan fingerprint density at radius 2 is 1.65 bits per heavy atom. The van der Waals surface area contributed by atoms with E-state index in [1.807, 2.05) is 31.2 Å². The van der Waals surface area contributed by atoms with Crippen molar-refractivity contribution in [2.24, 2.45) is 5.92 Å². The number of carbonyl (C=O) groups is 2. The van der Waals surface area contributed by atoms with Crippen molar-refractivity contribution in [1.82, 2.24) is 4.90 Å². The van der Waals surface area contributed by atoms with E-state index in [9.17, 15) is 9.59 Å². The number of carbonyl (C=O) groups excluding carboxylic acids is 2. The number of aryl methyl sites for hydroxylation is 1. The third-order valence-electron chi connectivity index (χ3n) is 4.79. The Labute approximate surface area is 159 Å². The molecule has 0 spiro atoms. The van der Waals surface area contributed by atoms with Crippen LogP contribution in [-0.2, 0) is 4.79 Å². The van der Waals surface area contributed by atoms with Crippen LogP contribution in [0.2, 0.25) is 5.02 Å². The first-order valence-electron chi connectivity index (χ1n) is 8.90. The van der Waals surface area contributed by atoms with Gasteiger partial charge in [0.05, 0.1) is 6.54 Å². The number of nitrogens with zero attached hydrogens (tertiary/aromatic N) is 1. The Hall–Kier alpha value is -2.17. The molecule has 2 aromatic carbocycles. The molecule has 1 amide bonds. The lowest BCUT2D eigenvalue weighted by atomic mass is 9.89. The van der Waals surface area contributed by atoms with Gasteiger partial charge in [-0.25, -0.2) is 0 Å². The average Bonchev–Trinajstić information content (AvgIpc) is 2.64. The van der Waals surface area contributed by atoms with Crippen molar-refractivity contribution in [3.05, 3.63) is 64.7 Å². The highest BCUT2D eigenvalue weighted by Crippen LogP contribution is 2.22. The van der Waals surface area contributed by atoms with E-state index in [2.05, 4.69) is 10.2 Å². The van der Waals surface area contributed by atoms with Gasteiger partial charge in [-0.05, 0) is 69.3 Å². The predicted octanol–water partition coefficient (Wildman–Crippen LogP) is 4.18. The lowest BCUT2D eigenvalue weighted by molar-refractivity contribution is -0.117. The SMILES string of the molecule is Cc1ccc(NC(=O)CN2CCC(C(=O)c3ccc(Cl)cc3)CC2)cc1. The highest BCUT2D eigenvalue weighted by molar-refractivity contribution is 6.30. The fourth-order valence-corrected chi connectivity index (χ4v) is 3.37. The smallest absolute Gasteiger partial charge is 0.238 e. The van der Waals surface area contributed by atoms with Crippen molar-refractivity contribution in [3.63, 3.8) is 0 Å². The lowest BCUT2D eigenvalue weighted by Crippen LogP contribution is -2.40. The van der Waals surface area contributed by atoms with Gasteiger partial charge in [0.2, 0.25) is 5.91 Å². The molecule has 2 aromatic rings. The molecule has 3 rings (SSSR count). The minimum Gasteiger partial charge on any atom is -0.325 e. The highest BCUT2D eigenvalue weighted by Gasteiger charge is 2.26. The molecule has 136 valence electrons. The minimum atomic E-state index is -0.0173. The first kappa shape index (κ1) is 18.6. The topological polar surface area (TPSA) is 49.4 Å². The Bertz CT molecular complexity index is 764. The van der Waals surface area contributed by atoms with E-state index < -0.39 is 0 Å². The van der Waals surface area contributed by atoms with Crippen LogP contribution in [0.25, 0.3) is 0 Å². The quantitative estimate of drug-likeness (QED) is 0.803. The molecule has 0 bridgehead atoms. The van der Waals surface area contributed by atoms with E-state index in [4.69, 9.17) is 11.6 Å². The largest absolute Gasteiger partial charge is 0.325 e. The molecular weight excluding hydrogens is 348 g/mol. The molecule has 0 saturated carbocycles. The molecule has 0 radical (unpaired) electrons. The first-order valence-corrected chi connectivity index (χ1v) is 9.28. The van der Waals surface area contributed by atoms with Crippen molar-refractivity contribution in [3.8, 4) is 0 Å². The van der Waals surface area contributed by atoms with Gasteiger partial charge in [0.25, 0.3) is 0 Å². The second kappa shape index (κ2) is 8.47. The van der Waals surface area contributed by atoms with Gasteiger partial charge < -0.3 is 5.32 Å². The van der Waals surface area contributed by atoms with Crippen molar-refractivity contribution in [1.29, 1.82) is 0 Å². The van der Waals surface area contributed by atoms with E-state index in [-0.39, 0.29) is 17.6 Å². The van der Waals surface area contributed by atoms with Crippen LogP contribution >= 0.6 is 11.6 Å². The molecule has 1 aliphatic heterocycles. The summed E-state index contributed by atoms with van der Waals surface area (Å²) in [7, 11) is 0. The Morgan fingerprint density at radius 3 is 2.27 bits per heavy atom. The first-order chi connectivity index (χ1) is 12.5. The fourth-order valence-electron chi connectivity index (χ4n) is 3.24. The zero-order valence-corrected chi connectivity index (χ0v) is 15.6. The second-order valence-electron chi connectivity index (χ2n) is 6.84. The molecule has 4 nitrogen and oxygen atoms in total. The number of rotatable bonds is 5. The van der Waals surface area contributed by atoms with Gasteiger partial charge in [-0.1, -0.05) is 29.3 Å². The normalized spacial score (nSPS) is 15.6. The monoisotopic (exact) mass is 370 g/mol. The summed E-state index contributed by atoms with van der Waals surface area (Å²) in [5.74, 6) is 0.175. The molecule has 1 N–H and O–H groups in total. The fraction of sp³-hybridized carbons (Fsp3) is 0.333. The maximum atomic E-state index is 12.6. The predicted molar refractivity (Wildman–Crippen MR) is 105 cm³/mol. The van der Waals surface area contributed by atoms with Crippen LogP contribution in [0.4, 0.5) is 5.69 Å². The maximum absolute atomic E-state index is 12.6. The number of anilines is 1. The van der Waals surface area contributed by atoms with Gasteiger partial charge in [0, 0.05) is 22.2 Å². The van der Waals surface area contributed by atoms with E-state index in [0.29, 0.717) is 17.1 Å². The summed E-state index contributed by atoms with van der Waals surface area (Å²) in [6.07, 6.45) is 1.55. The van der Waals surface area contributed by atoms with Crippen LogP contribution in [0, 0.1) is 12.8 Å². The highest BCUT2D eigenvalue weighted by atomic mass is 35.5. The number of benzene rings is 2. The molecule has 0 atom stereocenters. The molecule has 1 fully saturated rings. The number of nitrogens with one attached hydrogen (secondary N) is 1. The minimum absolute atomic E-state index is 0.0173. The van der Waals surface area contributed by atoms with Crippen molar-refractivity contribution in [2.75, 3.05) is 25.0 Å². The van der Waals surface area contributed by atoms with Crippen molar-refractivity contribution in [2.45, 2.75) is 19.8 Å². The van der Waals surface area contributed by atoms with Gasteiger partial charge in [-0.2, -0.15) is 0 Å². The zero-order chi connectivity index (χ0) is 18.5.